The molecule has 4 heterocycles. The van der Waals surface area contributed by atoms with Crippen LogP contribution in [0.3, 0.4) is 0 Å². The van der Waals surface area contributed by atoms with E-state index in [0.29, 0.717) is 23.0 Å². The highest BCUT2D eigenvalue weighted by molar-refractivity contribution is 5.82. The van der Waals surface area contributed by atoms with E-state index in [1.165, 1.54) is 0 Å². The van der Waals surface area contributed by atoms with Crippen LogP contribution >= 0.6 is 0 Å². The Kier molecular flexibility index (Phi) is 8.17. The summed E-state index contributed by atoms with van der Waals surface area (Å²) in [5.41, 5.74) is 3.18. The molecule has 1 saturated carbocycles. The van der Waals surface area contributed by atoms with Crippen molar-refractivity contribution in [1.82, 2.24) is 40.3 Å². The highest BCUT2D eigenvalue weighted by Gasteiger charge is 2.27. The zero-order valence-electron chi connectivity index (χ0n) is 21.0. The summed E-state index contributed by atoms with van der Waals surface area (Å²) in [5, 5.41) is 17.6. The highest BCUT2D eigenvalue weighted by Crippen LogP contribution is 2.39. The van der Waals surface area contributed by atoms with Gasteiger partial charge < -0.3 is 0 Å². The minimum Gasteiger partial charge on any atom is -0.299 e. The van der Waals surface area contributed by atoms with Gasteiger partial charge in [0.2, 0.25) is 0 Å². The average molecular weight is 509 g/mol. The number of aromatic nitrogens is 8. The van der Waals surface area contributed by atoms with Gasteiger partial charge in [0.15, 0.2) is 0 Å². The van der Waals surface area contributed by atoms with E-state index in [1.54, 1.807) is 36.9 Å². The smallest absolute Gasteiger partial charge is 0.146 e. The fraction of sp³-hybridized carbons (Fsp3) is 0.357. The molecule has 0 aliphatic heterocycles. The number of Topliss-reactive ketones (excluding diaryl/α,β-unsaturated/α-hetero) is 2. The van der Waals surface area contributed by atoms with E-state index in [0.717, 1.165) is 37.1 Å². The van der Waals surface area contributed by atoms with E-state index >= 15 is 0 Å². The van der Waals surface area contributed by atoms with Crippen LogP contribution in [0, 0.1) is 0 Å². The molecule has 0 spiro atoms. The lowest BCUT2D eigenvalue weighted by atomic mass is 9.78. The second kappa shape index (κ2) is 12.3. The molecule has 0 bridgehead atoms. The summed E-state index contributed by atoms with van der Waals surface area (Å²) in [6.45, 7) is 0. The van der Waals surface area contributed by atoms with E-state index in [1.807, 2.05) is 24.3 Å². The fourth-order valence-electron chi connectivity index (χ4n) is 4.82. The molecule has 192 valence electrons. The van der Waals surface area contributed by atoms with Crippen molar-refractivity contribution in [2.75, 3.05) is 0 Å². The van der Waals surface area contributed by atoms with Gasteiger partial charge in [0.25, 0.3) is 0 Å². The van der Waals surface area contributed by atoms with Gasteiger partial charge in [0.05, 0.1) is 48.5 Å². The third-order valence-electron chi connectivity index (χ3n) is 6.70. The zero-order chi connectivity index (χ0) is 26.2. The molecular formula is C28H28N8O2. The van der Waals surface area contributed by atoms with E-state index in [2.05, 4.69) is 40.3 Å². The second-order valence-corrected chi connectivity index (χ2v) is 9.57. The van der Waals surface area contributed by atoms with E-state index in [-0.39, 0.29) is 49.1 Å². The van der Waals surface area contributed by atoms with E-state index in [4.69, 9.17) is 0 Å². The lowest BCUT2D eigenvalue weighted by molar-refractivity contribution is -0.118. The first-order chi connectivity index (χ1) is 18.6. The third kappa shape index (κ3) is 6.90. The summed E-state index contributed by atoms with van der Waals surface area (Å²) in [4.78, 5) is 41.1. The molecule has 2 atom stereocenters. The van der Waals surface area contributed by atoms with Crippen LogP contribution in [-0.4, -0.2) is 51.9 Å². The van der Waals surface area contributed by atoms with Gasteiger partial charge in [-0.3, -0.25) is 9.59 Å². The summed E-state index contributed by atoms with van der Waals surface area (Å²) in [6, 6.07) is 11.2. The second-order valence-electron chi connectivity index (χ2n) is 9.57. The maximum atomic E-state index is 12.3. The Morgan fingerprint density at radius 3 is 1.45 bits per heavy atom. The van der Waals surface area contributed by atoms with Crippen LogP contribution < -0.4 is 0 Å². The standard InChI is InChI=1S/C28H28N8O2/c37-23(17-27-29-10-2-11-30-27)15-21-6-8-25(35-33-21)19-4-1-5-20(14-19)26-9-7-22(34-36-26)16-24(38)18-28-31-12-3-13-32-28/h2-3,6-13,19-20H,1,4-5,14-18H2/t19-,20-/m1/s1. The van der Waals surface area contributed by atoms with Gasteiger partial charge in [0, 0.05) is 36.6 Å². The SMILES string of the molecule is O=C(Cc1ccc([C@@H]2CCC[C@@H](c3ccc(CC(=O)Cc4ncccn4)nn3)C2)nn1)Cc1ncccn1. The molecule has 4 aromatic rings. The topological polar surface area (TPSA) is 137 Å². The fourth-order valence-corrected chi connectivity index (χ4v) is 4.82. The Morgan fingerprint density at radius 2 is 1.05 bits per heavy atom. The average Bonchev–Trinajstić information content (AvgIpc) is 2.95. The zero-order valence-corrected chi connectivity index (χ0v) is 21.0. The largest absolute Gasteiger partial charge is 0.299 e. The molecule has 0 N–H and O–H groups in total. The molecule has 4 aromatic heterocycles. The molecule has 1 fully saturated rings. The molecule has 10 heteroatoms. The van der Waals surface area contributed by atoms with Crippen molar-refractivity contribution in [3.8, 4) is 0 Å². The number of carbonyl (C=O) groups is 2. The van der Waals surface area contributed by atoms with Crippen molar-refractivity contribution in [2.24, 2.45) is 0 Å². The summed E-state index contributed by atoms with van der Waals surface area (Å²) in [7, 11) is 0. The summed E-state index contributed by atoms with van der Waals surface area (Å²) in [5.74, 6) is 1.59. The Labute approximate surface area is 220 Å². The monoisotopic (exact) mass is 508 g/mol. The predicted octanol–water partition coefficient (Wildman–Crippen LogP) is 3.00. The Morgan fingerprint density at radius 1 is 0.605 bits per heavy atom. The molecule has 0 radical (unpaired) electrons. The van der Waals surface area contributed by atoms with E-state index < -0.39 is 0 Å². The lowest BCUT2D eigenvalue weighted by Crippen LogP contribution is -2.17. The molecule has 10 nitrogen and oxygen atoms in total. The Balaban J connectivity index is 1.14. The maximum Gasteiger partial charge on any atom is 0.146 e. The van der Waals surface area contributed by atoms with Gasteiger partial charge >= 0.3 is 0 Å². The molecule has 38 heavy (non-hydrogen) atoms. The number of ketones is 2. The Hall–Kier alpha value is -4.34. The summed E-state index contributed by atoms with van der Waals surface area (Å²) >= 11 is 0. The first-order valence-corrected chi connectivity index (χ1v) is 12.8. The normalized spacial score (nSPS) is 17.2. The van der Waals surface area contributed by atoms with Crippen LogP contribution in [0.1, 0.15) is 71.9 Å². The maximum absolute atomic E-state index is 12.3. The van der Waals surface area contributed by atoms with Crippen molar-refractivity contribution in [3.63, 3.8) is 0 Å². The molecular weight excluding hydrogens is 480 g/mol. The predicted molar refractivity (Wildman–Crippen MR) is 137 cm³/mol. The molecule has 1 aliphatic carbocycles. The minimum atomic E-state index is 0.00750. The molecule has 5 rings (SSSR count). The lowest BCUT2D eigenvalue weighted by Gasteiger charge is -2.28. The number of hydrogen-bond donors (Lipinski definition) is 0. The van der Waals surface area contributed by atoms with Crippen molar-refractivity contribution in [3.05, 3.63) is 95.6 Å². The third-order valence-corrected chi connectivity index (χ3v) is 6.70. The Bertz CT molecular complexity index is 1240. The van der Waals surface area contributed by atoms with Gasteiger partial charge in [0.1, 0.15) is 23.2 Å². The van der Waals surface area contributed by atoms with Gasteiger partial charge in [-0.15, -0.1) is 0 Å². The molecule has 0 saturated heterocycles. The van der Waals surface area contributed by atoms with Gasteiger partial charge in [-0.1, -0.05) is 6.42 Å². The van der Waals surface area contributed by atoms with Crippen LogP contribution in [0.5, 0.6) is 0 Å². The van der Waals surface area contributed by atoms with Crippen molar-refractivity contribution in [1.29, 1.82) is 0 Å². The first-order valence-electron chi connectivity index (χ1n) is 12.8. The van der Waals surface area contributed by atoms with Crippen molar-refractivity contribution < 1.29 is 9.59 Å². The van der Waals surface area contributed by atoms with Gasteiger partial charge in [-0.05, 0) is 55.7 Å². The van der Waals surface area contributed by atoms with Crippen LogP contribution in [-0.2, 0) is 35.3 Å². The molecule has 0 aromatic carbocycles. The van der Waals surface area contributed by atoms with Gasteiger partial charge in [-0.2, -0.15) is 20.4 Å². The van der Waals surface area contributed by atoms with E-state index in [9.17, 15) is 9.59 Å². The van der Waals surface area contributed by atoms with Crippen molar-refractivity contribution >= 4 is 11.6 Å². The summed E-state index contributed by atoms with van der Waals surface area (Å²) in [6.07, 6.45) is 11.4. The van der Waals surface area contributed by atoms with Crippen LogP contribution in [0.15, 0.2) is 61.2 Å². The molecule has 0 unspecified atom stereocenters. The van der Waals surface area contributed by atoms with Crippen LogP contribution in [0.25, 0.3) is 0 Å². The minimum absolute atomic E-state index is 0.00750. The number of nitrogens with zero attached hydrogens (tertiary/aromatic N) is 8. The van der Waals surface area contributed by atoms with Crippen LogP contribution in [0.2, 0.25) is 0 Å². The molecule has 0 amide bonds. The summed E-state index contributed by atoms with van der Waals surface area (Å²) < 4.78 is 0. The van der Waals surface area contributed by atoms with Crippen LogP contribution in [0.4, 0.5) is 0 Å². The number of carbonyl (C=O) groups excluding carboxylic acids is 2. The number of hydrogen-bond acceptors (Lipinski definition) is 10. The first kappa shape index (κ1) is 25.3. The van der Waals surface area contributed by atoms with Gasteiger partial charge in [-0.25, -0.2) is 19.9 Å². The van der Waals surface area contributed by atoms with Crippen molar-refractivity contribution in [2.45, 2.75) is 63.2 Å². The molecule has 1 aliphatic rings. The quantitative estimate of drug-likeness (QED) is 0.314. The number of rotatable bonds is 10. The highest BCUT2D eigenvalue weighted by atomic mass is 16.1.